The molecule has 0 unspecified atom stereocenters. The third kappa shape index (κ3) is 4.97. The van der Waals surface area contributed by atoms with E-state index < -0.39 is 22.8 Å². The number of ether oxygens (including phenoxy) is 3. The molecule has 0 fully saturated rings. The van der Waals surface area contributed by atoms with Crippen LogP contribution in [0.4, 0.5) is 0 Å². The highest BCUT2D eigenvalue weighted by Gasteiger charge is 2.60. The molecule has 0 aliphatic carbocycles. The van der Waals surface area contributed by atoms with Crippen molar-refractivity contribution >= 4 is 46.8 Å². The molecule has 2 heterocycles. The van der Waals surface area contributed by atoms with E-state index in [2.05, 4.69) is 15.0 Å². The van der Waals surface area contributed by atoms with E-state index in [4.69, 9.17) is 26.4 Å². The van der Waals surface area contributed by atoms with Crippen LogP contribution in [0.25, 0.3) is 0 Å². The lowest BCUT2D eigenvalue weighted by Gasteiger charge is -2.38. The summed E-state index contributed by atoms with van der Waals surface area (Å²) in [5, 5.41) is 0.238. The van der Waals surface area contributed by atoms with Gasteiger partial charge in [-0.3, -0.25) is 4.79 Å². The molecule has 2 atom stereocenters. The van der Waals surface area contributed by atoms with Crippen LogP contribution in [0.1, 0.15) is 30.8 Å². The van der Waals surface area contributed by atoms with E-state index >= 15 is 0 Å². The lowest BCUT2D eigenvalue weighted by atomic mass is 9.99. The molecule has 10 heteroatoms. The van der Waals surface area contributed by atoms with E-state index in [1.807, 2.05) is 19.9 Å². The second-order valence-electron chi connectivity index (χ2n) is 6.83. The van der Waals surface area contributed by atoms with Crippen molar-refractivity contribution in [3.63, 3.8) is 0 Å². The molecule has 0 saturated heterocycles. The van der Waals surface area contributed by atoms with Gasteiger partial charge in [-0.25, -0.2) is 19.8 Å². The fourth-order valence-corrected chi connectivity index (χ4v) is 4.78. The van der Waals surface area contributed by atoms with E-state index in [0.717, 1.165) is 11.8 Å². The number of rotatable bonds is 7. The van der Waals surface area contributed by atoms with E-state index in [0.29, 0.717) is 17.0 Å². The Morgan fingerprint density at radius 1 is 1.09 bits per heavy atom. The average molecular weight is 474 g/mol. The summed E-state index contributed by atoms with van der Waals surface area (Å²) in [5.41, 5.74) is 1.98. The lowest BCUT2D eigenvalue weighted by molar-refractivity contribution is -0.165. The Hall–Kier alpha value is -2.85. The van der Waals surface area contributed by atoms with Crippen molar-refractivity contribution in [2.24, 2.45) is 10.9 Å². The van der Waals surface area contributed by atoms with Gasteiger partial charge < -0.3 is 14.2 Å². The van der Waals surface area contributed by atoms with Crippen molar-refractivity contribution in [2.45, 2.75) is 37.8 Å². The molecule has 32 heavy (non-hydrogen) atoms. The molecule has 0 radical (unpaired) electrons. The average Bonchev–Trinajstić information content (AvgIpc) is 2.73. The number of carbonyl (C=O) groups excluding carboxylic acids is 2. The Bertz CT molecular complexity index is 1040. The van der Waals surface area contributed by atoms with E-state index in [-0.39, 0.29) is 29.3 Å². The maximum Gasteiger partial charge on any atom is 0.363 e. The second kappa shape index (κ2) is 10.2. The number of nitrogens with zero attached hydrogens (tertiary/aromatic N) is 3. The van der Waals surface area contributed by atoms with Gasteiger partial charge in [-0.15, -0.1) is 0 Å². The zero-order valence-corrected chi connectivity index (χ0v) is 19.8. The van der Waals surface area contributed by atoms with Gasteiger partial charge in [0.25, 0.3) is 4.93 Å². The van der Waals surface area contributed by atoms with Crippen LogP contribution in [0.15, 0.2) is 46.5 Å². The highest BCUT2D eigenvalue weighted by atomic mass is 32.2. The van der Waals surface area contributed by atoms with Crippen molar-refractivity contribution in [1.29, 1.82) is 0 Å². The van der Waals surface area contributed by atoms with Crippen molar-refractivity contribution < 1.29 is 23.8 Å². The largest absolute Gasteiger partial charge is 0.465 e. The molecule has 8 nitrogen and oxygen atoms in total. The molecule has 0 saturated carbocycles. The first-order chi connectivity index (χ1) is 15.3. The molecule has 168 valence electrons. The Morgan fingerprint density at radius 2 is 1.72 bits per heavy atom. The summed E-state index contributed by atoms with van der Waals surface area (Å²) >= 11 is 6.35. The van der Waals surface area contributed by atoms with Crippen molar-refractivity contribution in [3.8, 4) is 0 Å². The van der Waals surface area contributed by atoms with E-state index in [1.165, 1.54) is 0 Å². The number of carbonyl (C=O) groups is 2. The van der Waals surface area contributed by atoms with Crippen LogP contribution in [0, 0.1) is 19.8 Å². The van der Waals surface area contributed by atoms with Gasteiger partial charge in [0, 0.05) is 17.0 Å². The zero-order valence-electron chi connectivity index (χ0n) is 18.2. The number of esters is 2. The number of aromatic nitrogens is 2. The van der Waals surface area contributed by atoms with Crippen molar-refractivity contribution in [3.05, 3.63) is 53.3 Å². The van der Waals surface area contributed by atoms with Gasteiger partial charge in [0.1, 0.15) is 4.99 Å². The van der Waals surface area contributed by atoms with Crippen LogP contribution >= 0.6 is 24.0 Å². The molecule has 2 aromatic rings. The standard InChI is InChI=1S/C22H23N3O5S2/c1-5-28-19(26)16-18(31)25-17(15-10-8-7-9-11-15)30-22(16,20(27)29-6-2)32-21-23-13(3)12-14(4)24-21/h7-12,16H,5-6H2,1-4H3/t16-,22+/m0/s1. The minimum Gasteiger partial charge on any atom is -0.465 e. The molecule has 0 amide bonds. The van der Waals surface area contributed by atoms with Crippen LogP contribution in [-0.2, 0) is 23.8 Å². The number of aliphatic imine (C=N–C) groups is 1. The van der Waals surface area contributed by atoms with Gasteiger partial charge in [0.05, 0.1) is 13.2 Å². The first-order valence-corrected chi connectivity index (χ1v) is 11.2. The number of thioether (sulfide) groups is 1. The second-order valence-corrected chi connectivity index (χ2v) is 8.43. The maximum absolute atomic E-state index is 13.4. The van der Waals surface area contributed by atoms with Gasteiger partial charge >= 0.3 is 11.9 Å². The lowest BCUT2D eigenvalue weighted by Crippen LogP contribution is -2.56. The van der Waals surface area contributed by atoms with Gasteiger partial charge in [-0.05, 0) is 57.7 Å². The number of aryl methyl sites for hydroxylation is 2. The summed E-state index contributed by atoms with van der Waals surface area (Å²) in [7, 11) is 0. The molecule has 0 bridgehead atoms. The summed E-state index contributed by atoms with van der Waals surface area (Å²) in [5.74, 6) is -2.77. The van der Waals surface area contributed by atoms with Crippen LogP contribution < -0.4 is 0 Å². The van der Waals surface area contributed by atoms with Gasteiger partial charge in [-0.1, -0.05) is 30.4 Å². The van der Waals surface area contributed by atoms with Gasteiger partial charge in [-0.2, -0.15) is 0 Å². The molecule has 1 aromatic carbocycles. The summed E-state index contributed by atoms with van der Waals surface area (Å²) in [4.78, 5) is 37.5. The highest BCUT2D eigenvalue weighted by molar-refractivity contribution is 8.01. The molecular weight excluding hydrogens is 450 g/mol. The fourth-order valence-electron chi connectivity index (χ4n) is 3.13. The van der Waals surface area contributed by atoms with Crippen molar-refractivity contribution in [2.75, 3.05) is 13.2 Å². The maximum atomic E-state index is 13.4. The summed E-state index contributed by atoms with van der Waals surface area (Å²) in [6.45, 7) is 7.10. The third-order valence-electron chi connectivity index (χ3n) is 4.39. The van der Waals surface area contributed by atoms with Crippen LogP contribution in [0.5, 0.6) is 0 Å². The molecular formula is C22H23N3O5S2. The predicted octanol–water partition coefficient (Wildman–Crippen LogP) is 3.43. The Kier molecular flexibility index (Phi) is 7.57. The SMILES string of the molecule is CCOC(=O)[C@@H]1C(=S)N=C(c2ccccc2)O[C@]1(Sc1nc(C)cc(C)n1)C(=O)OCC. The minimum atomic E-state index is -1.95. The normalized spacial score (nSPS) is 20.2. The van der Waals surface area contributed by atoms with Crippen molar-refractivity contribution in [1.82, 2.24) is 9.97 Å². The fraction of sp³-hybridized carbons (Fsp3) is 0.364. The first kappa shape index (κ1) is 23.8. The molecule has 0 spiro atoms. The number of hydrogen-bond donors (Lipinski definition) is 0. The molecule has 1 aliphatic heterocycles. The topological polar surface area (TPSA) is 100.0 Å². The van der Waals surface area contributed by atoms with Crippen LogP contribution in [0.3, 0.4) is 0 Å². The minimum absolute atomic E-state index is 0.0431. The quantitative estimate of drug-likeness (QED) is 0.340. The van der Waals surface area contributed by atoms with Crippen LogP contribution in [0.2, 0.25) is 0 Å². The van der Waals surface area contributed by atoms with E-state index in [1.54, 1.807) is 44.2 Å². The zero-order chi connectivity index (χ0) is 23.3. The predicted molar refractivity (Wildman–Crippen MR) is 124 cm³/mol. The first-order valence-electron chi connectivity index (χ1n) is 10.0. The smallest absolute Gasteiger partial charge is 0.363 e. The number of benzene rings is 1. The van der Waals surface area contributed by atoms with Crippen LogP contribution in [-0.4, -0.2) is 50.9 Å². The van der Waals surface area contributed by atoms with Gasteiger partial charge in [0.2, 0.25) is 5.90 Å². The third-order valence-corrected chi connectivity index (χ3v) is 5.88. The summed E-state index contributed by atoms with van der Waals surface area (Å²) in [6.07, 6.45) is 0. The Morgan fingerprint density at radius 3 is 2.31 bits per heavy atom. The molecule has 3 rings (SSSR count). The Balaban J connectivity index is 2.19. The molecule has 1 aliphatic rings. The summed E-state index contributed by atoms with van der Waals surface area (Å²) < 4.78 is 16.7. The van der Waals surface area contributed by atoms with E-state index in [9.17, 15) is 9.59 Å². The monoisotopic (exact) mass is 473 g/mol. The molecule has 0 N–H and O–H groups in total. The summed E-state index contributed by atoms with van der Waals surface area (Å²) in [6, 6.07) is 10.8. The Labute approximate surface area is 195 Å². The highest BCUT2D eigenvalue weighted by Crippen LogP contribution is 2.44. The number of thiocarbonyl (C=S) groups is 1. The van der Waals surface area contributed by atoms with Gasteiger partial charge in [0.15, 0.2) is 11.1 Å². The number of hydrogen-bond acceptors (Lipinski definition) is 9. The molecule has 1 aromatic heterocycles.